The van der Waals surface area contributed by atoms with Crippen molar-refractivity contribution in [2.75, 3.05) is 105 Å². The van der Waals surface area contributed by atoms with Crippen molar-refractivity contribution < 1.29 is 122 Å². The van der Waals surface area contributed by atoms with Crippen molar-refractivity contribution >= 4 is 93.6 Å². The first-order valence-corrected chi connectivity index (χ1v) is 51.8. The van der Waals surface area contributed by atoms with E-state index in [2.05, 4.69) is 47.6 Å². The minimum absolute atomic E-state index is 0. The van der Waals surface area contributed by atoms with Gasteiger partial charge >= 0.3 is 23.9 Å². The number of hydrogen-bond donors (Lipinski definition) is 9. The molecule has 4 amide bonds. The molecule has 150 heavy (non-hydrogen) atoms. The number of allylic oxidation sites excluding steroid dienone is 10. The summed E-state index contributed by atoms with van der Waals surface area (Å²) >= 11 is 12.7. The second-order valence-electron chi connectivity index (χ2n) is 36.5. The molecule has 4 saturated heterocycles. The smallest absolute Gasteiger partial charge is 0.342 e. The Morgan fingerprint density at radius 3 is 1.09 bits per heavy atom. The fraction of sp³-hybridized carbons (Fsp3) is 0.519. The minimum Gasteiger partial charge on any atom is -0.508 e. The molecule has 8 aliphatic heterocycles. The Bertz CT molecular complexity index is 5620. The predicted octanol–water partition coefficient (Wildman–Crippen LogP) is 18.9. The number of nitrogens with two attached hydrogens (primary N) is 1. The van der Waals surface area contributed by atoms with Crippen LogP contribution in [0.25, 0.3) is 20.9 Å². The van der Waals surface area contributed by atoms with E-state index in [1.165, 1.54) is 12.1 Å². The standard InChI is InChI=1S/C29H40N2O7.C26H32ClN5O6.C26H34ClN3O6.C26H33N5O6.CH4/c1-3-4-16-36-25-12-8-10-21(2)38-29(35)28-22(18-24(32)19-26(28)33)17-23(11-9-13-25)30-37-20-27(34)31-14-6-5-7-15-31;27-25-20-15-18(30-37-17-23(35)32-13-7-4-8-14-32)9-5-2-1-3-6-10-19(11-12-29-31-28)38-26(36)24(20)21(33)16-22(25)34;27-25-20-15-18(29-35-17-23(33)30-13-7-4-8-14-30)9-5-2-1-3-6-10-19(11-12-28)36-26(34)24(20)21(31)16-22(25)32;27-30-28-12-11-22-10-6-3-1-2-5-9-20(29-36-18-24(34)31-13-7-4-8-14-31)15-19-16-21(32)17-23(33)25(19)26(35)37-22;/h8-9,11-12,18-19,21,25,32-33H,3-7,10,13-17,20H2,1-2H3;3,5-6,9,16,19,33-34H,1-2,4,7-8,10-15,17H2;3,5-6,9,16,19,31-32H,1-2,4,7-8,10-15,17,28H2;3,5-6,9,16-17,22,32-33H,1-2,4,7-8,10-15,18H2;1H4/b11-9+,12-8+,30-23+;6-3+,9-5+,30-18?;6-3+,9-5+,29-18?;6-3+,9-5+,29-20?;/t21-,25?;;;;/m1..../s1. The molecule has 4 aromatic carbocycles. The number of carbonyl (C=O) groups excluding carboxylic acids is 8. The Balaban J connectivity index is 0.000000243. The van der Waals surface area contributed by atoms with Crippen molar-refractivity contribution in [2.45, 2.75) is 257 Å². The molecule has 0 spiro atoms. The molecule has 0 bridgehead atoms. The molecule has 0 saturated carbocycles. The van der Waals surface area contributed by atoms with Gasteiger partial charge in [0, 0.05) is 158 Å². The van der Waals surface area contributed by atoms with Gasteiger partial charge in [0.15, 0.2) is 26.4 Å². The maximum atomic E-state index is 13.2. The number of nitrogens with zero attached hydrogens (tertiary/aromatic N) is 14. The predicted molar refractivity (Wildman–Crippen MR) is 568 cm³/mol. The molecular formula is C108H143Cl2N15O25. The normalized spacial score (nSPS) is 22.1. The molecule has 814 valence electrons. The lowest BCUT2D eigenvalue weighted by atomic mass is 9.99. The molecule has 0 radical (unpaired) electrons. The SMILES string of the molecule is C.CCCCOC1/C=C/C[C@@H](C)OC(=O)c2c(O)cc(O)cc2CC(=N/OCC(=O)N2CCCCC2)/C=C/C1.NCCC1C/C=C/CC/C=C/C(=NOCC(=O)N2CCCCC2)Cc2c(Cl)c(O)cc(O)c2C(=O)O1.[N-]=[N+]=NCCC1C/C=C/CC/C=C/C(=NOCC(=O)N2CCCCC2)Cc2c(Cl)c(O)cc(O)c2C(=O)O1.[N-]=[N+]=NCCC1C/C=C/CC/C=C/C(=NOCC(=O)N2CCCCC2)Cc2cc(O)cc(O)c2C(=O)O1. The molecule has 42 heteroatoms. The molecule has 0 aliphatic carbocycles. The lowest BCUT2D eigenvalue weighted by Gasteiger charge is -2.26. The molecular weight excluding hydrogens is 1980 g/mol. The quantitative estimate of drug-likeness (QED) is 0.00460. The van der Waals surface area contributed by atoms with E-state index in [4.69, 9.17) is 83.0 Å². The van der Waals surface area contributed by atoms with Gasteiger partial charge in [-0.05, 0) is 231 Å². The summed E-state index contributed by atoms with van der Waals surface area (Å²) in [6, 6.07) is 6.90. The number of fused-ring (bicyclic) bond motifs is 4. The summed E-state index contributed by atoms with van der Waals surface area (Å²) in [5, 5.41) is 106. The highest BCUT2D eigenvalue weighted by Crippen LogP contribution is 2.41. The van der Waals surface area contributed by atoms with Gasteiger partial charge < -0.3 is 109 Å². The number of aromatic hydroxyl groups is 8. The first kappa shape index (κ1) is 121. The lowest BCUT2D eigenvalue weighted by Crippen LogP contribution is -2.37. The zero-order valence-electron chi connectivity index (χ0n) is 84.6. The van der Waals surface area contributed by atoms with Gasteiger partial charge in [-0.2, -0.15) is 0 Å². The third-order valence-electron chi connectivity index (χ3n) is 24.9. The van der Waals surface area contributed by atoms with Crippen LogP contribution in [0.4, 0.5) is 0 Å². The third-order valence-corrected chi connectivity index (χ3v) is 25.7. The summed E-state index contributed by atoms with van der Waals surface area (Å²) in [7, 11) is 0. The summed E-state index contributed by atoms with van der Waals surface area (Å²) in [6.45, 7) is 9.96. The van der Waals surface area contributed by atoms with Gasteiger partial charge in [-0.25, -0.2) is 19.2 Å². The number of hydrogen-bond acceptors (Lipinski definition) is 32. The second kappa shape index (κ2) is 67.1. The van der Waals surface area contributed by atoms with Gasteiger partial charge in [0.1, 0.15) is 92.7 Å². The Hall–Kier alpha value is -14.0. The van der Waals surface area contributed by atoms with E-state index >= 15 is 0 Å². The van der Waals surface area contributed by atoms with E-state index in [-0.39, 0.29) is 175 Å². The highest BCUT2D eigenvalue weighted by molar-refractivity contribution is 6.34. The maximum absolute atomic E-state index is 13.2. The van der Waals surface area contributed by atoms with Crippen LogP contribution in [0.15, 0.2) is 164 Å². The number of ether oxygens (including phenoxy) is 5. The average molecular weight is 2120 g/mol. The van der Waals surface area contributed by atoms with Crippen LogP contribution in [0.3, 0.4) is 0 Å². The summed E-state index contributed by atoms with van der Waals surface area (Å²) in [4.78, 5) is 136. The maximum Gasteiger partial charge on any atom is 0.342 e. The van der Waals surface area contributed by atoms with Crippen LogP contribution in [0.2, 0.25) is 10.0 Å². The van der Waals surface area contributed by atoms with Crippen LogP contribution in [0, 0.1) is 0 Å². The zero-order valence-corrected chi connectivity index (χ0v) is 86.2. The summed E-state index contributed by atoms with van der Waals surface area (Å²) in [5.41, 5.74) is 24.7. The number of piperidine rings is 4. The van der Waals surface area contributed by atoms with Gasteiger partial charge in [0.25, 0.3) is 23.6 Å². The fourth-order valence-corrected chi connectivity index (χ4v) is 17.5. The molecule has 5 atom stereocenters. The number of phenols is 8. The number of halogens is 2. The Kier molecular flexibility index (Phi) is 54.2. The Morgan fingerprint density at radius 2 is 0.733 bits per heavy atom. The fourth-order valence-electron chi connectivity index (χ4n) is 17.1. The Labute approximate surface area is 884 Å². The van der Waals surface area contributed by atoms with Crippen molar-refractivity contribution in [3.05, 3.63) is 209 Å². The van der Waals surface area contributed by atoms with E-state index in [0.717, 1.165) is 147 Å². The van der Waals surface area contributed by atoms with E-state index in [0.29, 0.717) is 151 Å². The first-order valence-electron chi connectivity index (χ1n) is 51.0. The summed E-state index contributed by atoms with van der Waals surface area (Å²) < 4.78 is 28.5. The molecule has 4 unspecified atom stereocenters. The number of cyclic esters (lactones) is 4. The van der Waals surface area contributed by atoms with E-state index in [1.807, 2.05) is 72.9 Å². The highest BCUT2D eigenvalue weighted by atomic mass is 35.5. The van der Waals surface area contributed by atoms with Crippen LogP contribution in [0.5, 0.6) is 46.0 Å². The number of azide groups is 2. The van der Waals surface area contributed by atoms with E-state index in [1.54, 1.807) is 50.8 Å². The molecule has 40 nitrogen and oxygen atoms in total. The van der Waals surface area contributed by atoms with Crippen molar-refractivity contribution in [3.8, 4) is 46.0 Å². The molecule has 4 fully saturated rings. The largest absolute Gasteiger partial charge is 0.508 e. The van der Waals surface area contributed by atoms with Crippen molar-refractivity contribution in [1.82, 2.24) is 19.6 Å². The third kappa shape index (κ3) is 41.8. The van der Waals surface area contributed by atoms with Gasteiger partial charge in [0.05, 0.1) is 39.0 Å². The molecule has 12 rings (SSSR count). The number of benzene rings is 4. The van der Waals surface area contributed by atoms with Crippen molar-refractivity contribution in [2.24, 2.45) is 36.6 Å². The second-order valence-corrected chi connectivity index (χ2v) is 37.3. The molecule has 10 N–H and O–H groups in total. The lowest BCUT2D eigenvalue weighted by molar-refractivity contribution is -0.137. The number of likely N-dealkylation sites (tertiary alicyclic amines) is 4. The number of carbonyl (C=O) groups is 8. The van der Waals surface area contributed by atoms with Gasteiger partial charge in [-0.15, -0.1) is 0 Å². The number of rotatable bonds is 24. The minimum atomic E-state index is -0.847. The molecule has 8 aliphatic rings. The van der Waals surface area contributed by atoms with E-state index < -0.39 is 71.3 Å². The van der Waals surface area contributed by atoms with Crippen LogP contribution in [-0.4, -0.2) is 266 Å². The topological polar surface area (TPSA) is 567 Å². The first-order chi connectivity index (χ1) is 72.1. The summed E-state index contributed by atoms with van der Waals surface area (Å²) in [6.07, 6.45) is 49.7. The number of phenolic OH excluding ortho intramolecular Hbond substituents is 8. The molecule has 4 aromatic rings. The average Bonchev–Trinajstić information content (AvgIpc) is 0.790. The van der Waals surface area contributed by atoms with Gasteiger partial charge in [0.2, 0.25) is 0 Å². The monoisotopic (exact) mass is 2120 g/mol. The van der Waals surface area contributed by atoms with E-state index in [9.17, 15) is 79.2 Å². The van der Waals surface area contributed by atoms with Crippen molar-refractivity contribution in [1.29, 1.82) is 0 Å². The number of amides is 4. The molecule has 0 aromatic heterocycles. The van der Waals surface area contributed by atoms with Gasteiger partial charge in [-0.1, -0.05) is 148 Å². The number of esters is 4. The van der Waals surface area contributed by atoms with Crippen LogP contribution >= 0.6 is 23.2 Å². The molecule has 8 heterocycles. The van der Waals surface area contributed by atoms with Crippen molar-refractivity contribution in [3.63, 3.8) is 0 Å². The highest BCUT2D eigenvalue weighted by Gasteiger charge is 2.33. The van der Waals surface area contributed by atoms with Crippen LogP contribution in [0.1, 0.15) is 265 Å². The number of unbranched alkanes of at least 4 members (excludes halogenated alkanes) is 1. The summed E-state index contributed by atoms with van der Waals surface area (Å²) in [5.74, 6) is -6.65. The van der Waals surface area contributed by atoms with Gasteiger partial charge in [-0.3, -0.25) is 19.2 Å². The Morgan fingerprint density at radius 1 is 0.407 bits per heavy atom. The zero-order chi connectivity index (χ0) is 107. The van der Waals surface area contributed by atoms with Crippen LogP contribution in [-0.2, 0) is 87.9 Å². The number of oxime groups is 4. The van der Waals surface area contributed by atoms with Crippen LogP contribution < -0.4 is 5.73 Å².